The number of aromatic nitrogens is 4. The van der Waals surface area contributed by atoms with Gasteiger partial charge in [-0.3, -0.25) is 0 Å². The van der Waals surface area contributed by atoms with E-state index in [0.29, 0.717) is 24.0 Å². The van der Waals surface area contributed by atoms with Gasteiger partial charge in [0.25, 0.3) is 0 Å². The average molecular weight is 464 g/mol. The Morgan fingerprint density at radius 3 is 2.69 bits per heavy atom. The monoisotopic (exact) mass is 463 g/mol. The number of nitrogens with zero attached hydrogens (tertiary/aromatic N) is 4. The van der Waals surface area contributed by atoms with Crippen LogP contribution < -0.4 is 14.8 Å². The van der Waals surface area contributed by atoms with Crippen LogP contribution in [0.3, 0.4) is 0 Å². The molecule has 2 aromatic carbocycles. The molecule has 0 fully saturated rings. The summed E-state index contributed by atoms with van der Waals surface area (Å²) >= 11 is 3.59. The summed E-state index contributed by atoms with van der Waals surface area (Å²) in [5.74, 6) is 1.53. The maximum absolute atomic E-state index is 13.1. The first-order valence-corrected chi connectivity index (χ1v) is 10.1. The second-order valence-electron chi connectivity index (χ2n) is 6.41. The van der Waals surface area contributed by atoms with Gasteiger partial charge in [-0.15, -0.1) is 0 Å². The van der Waals surface area contributed by atoms with Crippen molar-refractivity contribution in [3.8, 4) is 11.5 Å². The van der Waals surface area contributed by atoms with Crippen molar-refractivity contribution in [2.45, 2.75) is 39.5 Å². The lowest BCUT2D eigenvalue weighted by molar-refractivity contribution is 0.281. The van der Waals surface area contributed by atoms with E-state index < -0.39 is 0 Å². The zero-order valence-electron chi connectivity index (χ0n) is 16.4. The summed E-state index contributed by atoms with van der Waals surface area (Å²) < 4.78 is 27.3. The third kappa shape index (κ3) is 5.44. The lowest BCUT2D eigenvalue weighted by Crippen LogP contribution is -2.11. The van der Waals surface area contributed by atoms with Gasteiger partial charge in [-0.05, 0) is 46.7 Å². The summed E-state index contributed by atoms with van der Waals surface area (Å²) in [6.45, 7) is 3.59. The molecule has 1 aromatic heterocycles. The predicted molar refractivity (Wildman–Crippen MR) is 111 cm³/mol. The molecule has 29 heavy (non-hydrogen) atoms. The number of hydrogen-bond acceptors (Lipinski definition) is 6. The van der Waals surface area contributed by atoms with Crippen LogP contribution in [0.5, 0.6) is 11.5 Å². The van der Waals surface area contributed by atoms with E-state index in [4.69, 9.17) is 9.47 Å². The highest BCUT2D eigenvalue weighted by atomic mass is 79.9. The van der Waals surface area contributed by atoms with Gasteiger partial charge in [0.1, 0.15) is 12.4 Å². The van der Waals surface area contributed by atoms with Crippen molar-refractivity contribution in [2.24, 2.45) is 0 Å². The summed E-state index contributed by atoms with van der Waals surface area (Å²) in [4.78, 5) is 0. The van der Waals surface area contributed by atoms with Crippen LogP contribution in [0.15, 0.2) is 40.9 Å². The number of aryl methyl sites for hydroxylation is 1. The van der Waals surface area contributed by atoms with Crippen LogP contribution in [-0.2, 0) is 19.7 Å². The fourth-order valence-electron chi connectivity index (χ4n) is 2.76. The normalized spacial score (nSPS) is 10.8. The lowest BCUT2D eigenvalue weighted by Gasteiger charge is -2.17. The molecule has 9 heteroatoms. The molecule has 0 unspecified atom stereocenters. The molecule has 0 aliphatic heterocycles. The standard InChI is InChI=1S/C20H23BrFN5O2/c1-3-4-11-27-20(24-25-26-27)23-12-16-17(21)9-10-18(28-2)19(16)29-13-14-5-7-15(22)8-6-14/h5-10H,3-4,11-13H2,1-2H3,(H,23,24,26). The minimum atomic E-state index is -0.278. The van der Waals surface area contributed by atoms with Crippen molar-refractivity contribution in [3.63, 3.8) is 0 Å². The van der Waals surface area contributed by atoms with E-state index in [1.165, 1.54) is 12.1 Å². The van der Waals surface area contributed by atoms with E-state index in [0.717, 1.165) is 35.0 Å². The fourth-order valence-corrected chi connectivity index (χ4v) is 3.21. The zero-order chi connectivity index (χ0) is 20.6. The Labute approximate surface area is 177 Å². The minimum absolute atomic E-state index is 0.278. The van der Waals surface area contributed by atoms with E-state index in [-0.39, 0.29) is 12.4 Å². The molecule has 0 spiro atoms. The third-order valence-corrected chi connectivity index (χ3v) is 5.11. The molecule has 3 rings (SSSR count). The van der Waals surface area contributed by atoms with Crippen molar-refractivity contribution in [3.05, 3.63) is 57.8 Å². The van der Waals surface area contributed by atoms with Crippen LogP contribution in [0.25, 0.3) is 0 Å². The molecular weight excluding hydrogens is 441 g/mol. The van der Waals surface area contributed by atoms with Gasteiger partial charge in [0, 0.05) is 23.1 Å². The highest BCUT2D eigenvalue weighted by Gasteiger charge is 2.16. The number of hydrogen-bond donors (Lipinski definition) is 1. The number of methoxy groups -OCH3 is 1. The van der Waals surface area contributed by atoms with Crippen LogP contribution in [0.1, 0.15) is 30.9 Å². The molecular formula is C20H23BrFN5O2. The molecule has 0 atom stereocenters. The smallest absolute Gasteiger partial charge is 0.243 e. The van der Waals surface area contributed by atoms with Crippen LogP contribution in [0.4, 0.5) is 10.3 Å². The van der Waals surface area contributed by atoms with Crippen molar-refractivity contribution in [2.75, 3.05) is 12.4 Å². The number of rotatable bonds is 10. The number of benzene rings is 2. The van der Waals surface area contributed by atoms with Gasteiger partial charge in [0.15, 0.2) is 11.5 Å². The second kappa shape index (κ2) is 10.2. The van der Waals surface area contributed by atoms with Gasteiger partial charge in [-0.2, -0.15) is 0 Å². The van der Waals surface area contributed by atoms with Gasteiger partial charge in [-0.25, -0.2) is 9.07 Å². The first-order valence-electron chi connectivity index (χ1n) is 9.35. The van der Waals surface area contributed by atoms with Crippen LogP contribution in [0, 0.1) is 5.82 Å². The van der Waals surface area contributed by atoms with Crippen molar-refractivity contribution < 1.29 is 13.9 Å². The second-order valence-corrected chi connectivity index (χ2v) is 7.26. The Kier molecular flexibility index (Phi) is 7.40. The van der Waals surface area contributed by atoms with E-state index >= 15 is 0 Å². The van der Waals surface area contributed by atoms with Crippen molar-refractivity contribution in [1.82, 2.24) is 20.2 Å². The summed E-state index contributed by atoms with van der Waals surface area (Å²) in [5.41, 5.74) is 1.73. The Balaban J connectivity index is 1.78. The maximum atomic E-state index is 13.1. The SMILES string of the molecule is CCCCn1nnnc1NCc1c(Br)ccc(OC)c1OCc1ccc(F)cc1. The average Bonchev–Trinajstić information content (AvgIpc) is 3.18. The number of nitrogens with one attached hydrogen (secondary N) is 1. The maximum Gasteiger partial charge on any atom is 0.243 e. The molecule has 0 aliphatic carbocycles. The molecule has 1 heterocycles. The van der Waals surface area contributed by atoms with Crippen molar-refractivity contribution >= 4 is 21.9 Å². The zero-order valence-corrected chi connectivity index (χ0v) is 17.9. The number of ether oxygens (including phenoxy) is 2. The Hall–Kier alpha value is -2.68. The Morgan fingerprint density at radius 1 is 1.17 bits per heavy atom. The number of tetrazole rings is 1. The number of anilines is 1. The molecule has 0 radical (unpaired) electrons. The van der Waals surface area contributed by atoms with E-state index in [1.54, 1.807) is 23.9 Å². The summed E-state index contributed by atoms with van der Waals surface area (Å²) in [5, 5.41) is 15.1. The quantitative estimate of drug-likeness (QED) is 0.474. The fraction of sp³-hybridized carbons (Fsp3) is 0.350. The van der Waals surface area contributed by atoms with Crippen molar-refractivity contribution in [1.29, 1.82) is 0 Å². The summed E-state index contributed by atoms with van der Waals surface area (Å²) in [7, 11) is 1.59. The molecule has 3 aromatic rings. The summed E-state index contributed by atoms with van der Waals surface area (Å²) in [6, 6.07) is 9.95. The molecule has 154 valence electrons. The van der Waals surface area contributed by atoms with E-state index in [9.17, 15) is 4.39 Å². The van der Waals surface area contributed by atoms with Gasteiger partial charge < -0.3 is 14.8 Å². The highest BCUT2D eigenvalue weighted by Crippen LogP contribution is 2.37. The molecule has 0 saturated heterocycles. The van der Waals surface area contributed by atoms with E-state index in [2.05, 4.69) is 43.7 Å². The van der Waals surface area contributed by atoms with Crippen LogP contribution in [0.2, 0.25) is 0 Å². The summed E-state index contributed by atoms with van der Waals surface area (Å²) in [6.07, 6.45) is 2.05. The van der Waals surface area contributed by atoms with Gasteiger partial charge in [0.2, 0.25) is 5.95 Å². The molecule has 1 N–H and O–H groups in total. The molecule has 7 nitrogen and oxygen atoms in total. The molecule has 0 saturated carbocycles. The van der Waals surface area contributed by atoms with Crippen LogP contribution in [-0.4, -0.2) is 27.3 Å². The first-order chi connectivity index (χ1) is 14.1. The Bertz CT molecular complexity index is 933. The van der Waals surface area contributed by atoms with Gasteiger partial charge >= 0.3 is 0 Å². The largest absolute Gasteiger partial charge is 0.493 e. The highest BCUT2D eigenvalue weighted by molar-refractivity contribution is 9.10. The van der Waals surface area contributed by atoms with E-state index in [1.807, 2.05) is 12.1 Å². The first kappa shape index (κ1) is 21.0. The molecule has 0 amide bonds. The number of halogens is 2. The number of unbranched alkanes of at least 4 members (excludes halogenated alkanes) is 1. The third-order valence-electron chi connectivity index (χ3n) is 4.36. The lowest BCUT2D eigenvalue weighted by atomic mass is 10.1. The Morgan fingerprint density at radius 2 is 1.97 bits per heavy atom. The molecule has 0 bridgehead atoms. The predicted octanol–water partition coefficient (Wildman–Crippen LogP) is 4.57. The molecule has 0 aliphatic rings. The topological polar surface area (TPSA) is 74.1 Å². The van der Waals surface area contributed by atoms with Gasteiger partial charge in [-0.1, -0.05) is 46.5 Å². The van der Waals surface area contributed by atoms with Gasteiger partial charge in [0.05, 0.1) is 7.11 Å². The minimum Gasteiger partial charge on any atom is -0.493 e. The van der Waals surface area contributed by atoms with Crippen LogP contribution >= 0.6 is 15.9 Å².